The number of aliphatic hydroxyl groups excluding tert-OH is 1. The van der Waals surface area contributed by atoms with Gasteiger partial charge in [0.2, 0.25) is 0 Å². The second-order valence-electron chi connectivity index (χ2n) is 3.30. The van der Waals surface area contributed by atoms with Crippen molar-refractivity contribution in [3.8, 4) is 0 Å². The summed E-state index contributed by atoms with van der Waals surface area (Å²) in [7, 11) is 1.97. The Hall–Kier alpha value is -1.09. The lowest BCUT2D eigenvalue weighted by Gasteiger charge is -2.25. The van der Waals surface area contributed by atoms with E-state index in [0.29, 0.717) is 0 Å². The van der Waals surface area contributed by atoms with Crippen LogP contribution in [0.15, 0.2) is 18.3 Å². The molecule has 0 amide bonds. The smallest absolute Gasteiger partial charge is 0.0632 e. The molecule has 1 atom stereocenters. The quantitative estimate of drug-likeness (QED) is 0.759. The van der Waals surface area contributed by atoms with Crippen molar-refractivity contribution in [3.05, 3.63) is 24.0 Å². The first kappa shape index (κ1) is 9.99. The molecule has 3 heteroatoms. The van der Waals surface area contributed by atoms with E-state index in [9.17, 15) is 0 Å². The number of rotatable bonds is 3. The van der Waals surface area contributed by atoms with E-state index >= 15 is 0 Å². The van der Waals surface area contributed by atoms with Crippen LogP contribution < -0.4 is 4.90 Å². The van der Waals surface area contributed by atoms with Gasteiger partial charge in [-0.05, 0) is 26.0 Å². The van der Waals surface area contributed by atoms with Crippen molar-refractivity contribution in [2.75, 3.05) is 18.6 Å². The standard InChI is InChI=1S/C10H16N2O/c1-8-6-10(4-5-11-8)12(3)9(2)7-13/h4-6,9,13H,7H2,1-3H3/t9-/m1/s1. The highest BCUT2D eigenvalue weighted by Gasteiger charge is 2.08. The Balaban J connectivity index is 2.82. The molecule has 0 aliphatic heterocycles. The third kappa shape index (κ3) is 2.42. The van der Waals surface area contributed by atoms with Crippen molar-refractivity contribution in [2.45, 2.75) is 19.9 Å². The monoisotopic (exact) mass is 180 g/mol. The van der Waals surface area contributed by atoms with Gasteiger partial charge in [0.1, 0.15) is 0 Å². The molecule has 0 spiro atoms. The molecule has 0 radical (unpaired) electrons. The van der Waals surface area contributed by atoms with Crippen molar-refractivity contribution < 1.29 is 5.11 Å². The third-order valence-electron chi connectivity index (χ3n) is 2.21. The number of hydrogen-bond donors (Lipinski definition) is 1. The minimum Gasteiger partial charge on any atom is -0.394 e. The minimum absolute atomic E-state index is 0.141. The molecule has 72 valence electrons. The summed E-state index contributed by atoms with van der Waals surface area (Å²) in [6, 6.07) is 4.09. The highest BCUT2D eigenvalue weighted by atomic mass is 16.3. The molecule has 1 N–H and O–H groups in total. The molecule has 1 aromatic heterocycles. The lowest BCUT2D eigenvalue weighted by molar-refractivity contribution is 0.270. The summed E-state index contributed by atoms with van der Waals surface area (Å²) < 4.78 is 0. The van der Waals surface area contributed by atoms with Gasteiger partial charge in [-0.2, -0.15) is 0 Å². The molecular formula is C10H16N2O. The van der Waals surface area contributed by atoms with Crippen molar-refractivity contribution in [2.24, 2.45) is 0 Å². The lowest BCUT2D eigenvalue weighted by Crippen LogP contribution is -2.31. The Morgan fingerprint density at radius 3 is 2.85 bits per heavy atom. The predicted molar refractivity (Wildman–Crippen MR) is 53.9 cm³/mol. The van der Waals surface area contributed by atoms with E-state index in [1.807, 2.05) is 37.9 Å². The number of pyridine rings is 1. The Labute approximate surface area is 79.0 Å². The van der Waals surface area contributed by atoms with E-state index < -0.39 is 0 Å². The van der Waals surface area contributed by atoms with Crippen LogP contribution in [0.25, 0.3) is 0 Å². The molecule has 1 aromatic rings. The summed E-state index contributed by atoms with van der Waals surface area (Å²) in [5, 5.41) is 8.98. The first-order valence-electron chi connectivity index (χ1n) is 4.41. The Bertz CT molecular complexity index is 275. The fourth-order valence-electron chi connectivity index (χ4n) is 1.13. The molecule has 13 heavy (non-hydrogen) atoms. The van der Waals surface area contributed by atoms with Crippen LogP contribution in [0.5, 0.6) is 0 Å². The number of aryl methyl sites for hydroxylation is 1. The molecule has 0 fully saturated rings. The summed E-state index contributed by atoms with van der Waals surface area (Å²) in [5.41, 5.74) is 2.09. The van der Waals surface area contributed by atoms with E-state index in [4.69, 9.17) is 5.11 Å². The average molecular weight is 180 g/mol. The number of aromatic nitrogens is 1. The number of anilines is 1. The SMILES string of the molecule is Cc1cc(N(C)[C@H](C)CO)ccn1. The van der Waals surface area contributed by atoms with Crippen LogP contribution in [0.3, 0.4) is 0 Å². The van der Waals surface area contributed by atoms with E-state index in [1.165, 1.54) is 0 Å². The van der Waals surface area contributed by atoms with Gasteiger partial charge in [-0.25, -0.2) is 0 Å². The van der Waals surface area contributed by atoms with E-state index in [-0.39, 0.29) is 12.6 Å². The topological polar surface area (TPSA) is 36.4 Å². The average Bonchev–Trinajstić information content (AvgIpc) is 2.15. The van der Waals surface area contributed by atoms with Crippen LogP contribution in [-0.2, 0) is 0 Å². The second-order valence-corrected chi connectivity index (χ2v) is 3.30. The first-order chi connectivity index (χ1) is 6.15. The zero-order valence-electron chi connectivity index (χ0n) is 8.36. The van der Waals surface area contributed by atoms with Crippen LogP contribution in [0.1, 0.15) is 12.6 Å². The van der Waals surface area contributed by atoms with Crippen molar-refractivity contribution in [1.29, 1.82) is 0 Å². The zero-order valence-corrected chi connectivity index (χ0v) is 8.36. The fraction of sp³-hybridized carbons (Fsp3) is 0.500. The van der Waals surface area contributed by atoms with Crippen LogP contribution in [0.2, 0.25) is 0 Å². The maximum atomic E-state index is 8.98. The van der Waals surface area contributed by atoms with Gasteiger partial charge < -0.3 is 10.0 Å². The highest BCUT2D eigenvalue weighted by Crippen LogP contribution is 2.14. The van der Waals surface area contributed by atoms with E-state index in [2.05, 4.69) is 4.98 Å². The molecule has 0 saturated heterocycles. The Morgan fingerprint density at radius 1 is 1.62 bits per heavy atom. The van der Waals surface area contributed by atoms with Gasteiger partial charge in [0.05, 0.1) is 6.61 Å². The Kier molecular flexibility index (Phi) is 3.25. The Morgan fingerprint density at radius 2 is 2.31 bits per heavy atom. The van der Waals surface area contributed by atoms with Gasteiger partial charge in [0.25, 0.3) is 0 Å². The number of hydrogen-bond acceptors (Lipinski definition) is 3. The molecule has 1 heterocycles. The predicted octanol–water partition coefficient (Wildman–Crippen LogP) is 1.21. The maximum Gasteiger partial charge on any atom is 0.0632 e. The molecule has 1 rings (SSSR count). The summed E-state index contributed by atoms with van der Waals surface area (Å²) in [5.74, 6) is 0. The molecule has 0 aliphatic rings. The van der Waals surface area contributed by atoms with Crippen molar-refractivity contribution in [3.63, 3.8) is 0 Å². The number of likely N-dealkylation sites (N-methyl/N-ethyl adjacent to an activating group) is 1. The van der Waals surface area contributed by atoms with Crippen LogP contribution in [0.4, 0.5) is 5.69 Å². The zero-order chi connectivity index (χ0) is 9.84. The fourth-order valence-corrected chi connectivity index (χ4v) is 1.13. The molecule has 0 bridgehead atoms. The summed E-state index contributed by atoms with van der Waals surface area (Å²) in [4.78, 5) is 6.15. The summed E-state index contributed by atoms with van der Waals surface area (Å²) >= 11 is 0. The van der Waals surface area contributed by atoms with Crippen LogP contribution in [-0.4, -0.2) is 29.8 Å². The molecule has 3 nitrogen and oxygen atoms in total. The third-order valence-corrected chi connectivity index (χ3v) is 2.21. The highest BCUT2D eigenvalue weighted by molar-refractivity contribution is 5.46. The van der Waals surface area contributed by atoms with E-state index in [1.54, 1.807) is 6.20 Å². The van der Waals surface area contributed by atoms with Gasteiger partial charge in [0.15, 0.2) is 0 Å². The molecule has 0 aliphatic carbocycles. The van der Waals surface area contributed by atoms with Gasteiger partial charge in [0, 0.05) is 30.7 Å². The van der Waals surface area contributed by atoms with Gasteiger partial charge in [-0.1, -0.05) is 0 Å². The number of aliphatic hydroxyl groups is 1. The largest absolute Gasteiger partial charge is 0.394 e. The number of nitrogens with zero attached hydrogens (tertiary/aromatic N) is 2. The molecule has 0 unspecified atom stereocenters. The van der Waals surface area contributed by atoms with Gasteiger partial charge in [-0.15, -0.1) is 0 Å². The molecule has 0 aromatic carbocycles. The van der Waals surface area contributed by atoms with E-state index in [0.717, 1.165) is 11.4 Å². The molecular weight excluding hydrogens is 164 g/mol. The summed E-state index contributed by atoms with van der Waals surface area (Å²) in [6.07, 6.45) is 1.78. The van der Waals surface area contributed by atoms with Crippen molar-refractivity contribution in [1.82, 2.24) is 4.98 Å². The lowest BCUT2D eigenvalue weighted by atomic mass is 10.2. The maximum absolute atomic E-state index is 8.98. The second kappa shape index (κ2) is 4.23. The summed E-state index contributed by atoms with van der Waals surface area (Å²) in [6.45, 7) is 4.11. The normalized spacial score (nSPS) is 12.6. The van der Waals surface area contributed by atoms with Crippen molar-refractivity contribution >= 4 is 5.69 Å². The van der Waals surface area contributed by atoms with Gasteiger partial charge >= 0.3 is 0 Å². The van der Waals surface area contributed by atoms with Crippen LogP contribution in [0, 0.1) is 6.92 Å². The van der Waals surface area contributed by atoms with Gasteiger partial charge in [-0.3, -0.25) is 4.98 Å². The molecule has 0 saturated carbocycles. The first-order valence-corrected chi connectivity index (χ1v) is 4.41. The minimum atomic E-state index is 0.141. The van der Waals surface area contributed by atoms with Crippen LogP contribution >= 0.6 is 0 Å².